The van der Waals surface area contributed by atoms with Crippen molar-refractivity contribution in [3.05, 3.63) is 34.3 Å². The minimum absolute atomic E-state index is 0.524. The Morgan fingerprint density at radius 3 is 3.06 bits per heavy atom. The summed E-state index contributed by atoms with van der Waals surface area (Å²) < 4.78 is 0. The van der Waals surface area contributed by atoms with Gasteiger partial charge >= 0.3 is 0 Å². The van der Waals surface area contributed by atoms with Gasteiger partial charge in [-0.1, -0.05) is 17.7 Å². The molecule has 0 aliphatic carbocycles. The summed E-state index contributed by atoms with van der Waals surface area (Å²) in [6.07, 6.45) is 0. The van der Waals surface area contributed by atoms with Gasteiger partial charge in [-0.3, -0.25) is 4.90 Å². The Balaban J connectivity index is 2.10. The van der Waals surface area contributed by atoms with Crippen LogP contribution in [0.2, 0.25) is 5.02 Å². The van der Waals surface area contributed by atoms with Crippen molar-refractivity contribution in [1.82, 2.24) is 10.2 Å². The normalized spacial score (nSPS) is 21.1. The summed E-state index contributed by atoms with van der Waals surface area (Å²) in [5, 5.41) is 12.8. The van der Waals surface area contributed by atoms with Crippen LogP contribution in [0, 0.1) is 11.3 Å². The van der Waals surface area contributed by atoms with Gasteiger partial charge in [-0.2, -0.15) is 5.26 Å². The van der Waals surface area contributed by atoms with Gasteiger partial charge in [0.05, 0.1) is 11.6 Å². The fraction of sp³-hybridized carbons (Fsp3) is 0.462. The Morgan fingerprint density at radius 1 is 1.59 bits per heavy atom. The van der Waals surface area contributed by atoms with Crippen LogP contribution in [0.25, 0.3) is 0 Å². The van der Waals surface area contributed by atoms with Crippen molar-refractivity contribution in [2.24, 2.45) is 0 Å². The highest BCUT2D eigenvalue weighted by molar-refractivity contribution is 6.31. The number of hydrogen-bond acceptors (Lipinski definition) is 3. The van der Waals surface area contributed by atoms with E-state index in [1.165, 1.54) is 0 Å². The van der Waals surface area contributed by atoms with Crippen LogP contribution in [0.15, 0.2) is 18.2 Å². The predicted octanol–water partition coefficient (Wildman–Crippen LogP) is 2.01. The van der Waals surface area contributed by atoms with Crippen LogP contribution in [0.4, 0.5) is 0 Å². The van der Waals surface area contributed by atoms with Crippen LogP contribution in [0.1, 0.15) is 18.1 Å². The summed E-state index contributed by atoms with van der Waals surface area (Å²) in [4.78, 5) is 2.41. The van der Waals surface area contributed by atoms with E-state index in [0.29, 0.717) is 16.6 Å². The average Bonchev–Trinajstić information content (AvgIpc) is 2.34. The second-order valence-electron chi connectivity index (χ2n) is 4.44. The number of nitriles is 1. The molecule has 90 valence electrons. The number of nitrogens with zero attached hydrogens (tertiary/aromatic N) is 2. The molecule has 1 aliphatic rings. The molecule has 2 rings (SSSR count). The Kier molecular flexibility index (Phi) is 4.01. The summed E-state index contributed by atoms with van der Waals surface area (Å²) in [7, 11) is 0. The van der Waals surface area contributed by atoms with Gasteiger partial charge in [0.25, 0.3) is 0 Å². The lowest BCUT2D eigenvalue weighted by Gasteiger charge is -2.34. The molecular weight excluding hydrogens is 234 g/mol. The Bertz CT molecular complexity index is 439. The second-order valence-corrected chi connectivity index (χ2v) is 4.85. The lowest BCUT2D eigenvalue weighted by Crippen LogP contribution is -2.49. The maximum absolute atomic E-state index is 8.79. The molecule has 0 bridgehead atoms. The highest BCUT2D eigenvalue weighted by Gasteiger charge is 2.18. The Hall–Kier alpha value is -1.08. The molecule has 1 aromatic rings. The molecule has 1 atom stereocenters. The minimum Gasteiger partial charge on any atom is -0.314 e. The van der Waals surface area contributed by atoms with Crippen molar-refractivity contribution in [2.45, 2.75) is 19.5 Å². The Morgan fingerprint density at radius 2 is 2.41 bits per heavy atom. The summed E-state index contributed by atoms with van der Waals surface area (Å²) in [5.74, 6) is 0. The van der Waals surface area contributed by atoms with Crippen molar-refractivity contribution in [1.29, 1.82) is 5.26 Å². The van der Waals surface area contributed by atoms with Gasteiger partial charge in [-0.25, -0.2) is 0 Å². The van der Waals surface area contributed by atoms with Gasteiger partial charge in [-0.05, 0) is 24.6 Å². The molecule has 3 nitrogen and oxygen atoms in total. The Labute approximate surface area is 107 Å². The van der Waals surface area contributed by atoms with Crippen molar-refractivity contribution in [3.63, 3.8) is 0 Å². The van der Waals surface area contributed by atoms with Gasteiger partial charge in [0, 0.05) is 37.2 Å². The third-order valence-corrected chi connectivity index (χ3v) is 3.55. The molecule has 1 fully saturated rings. The molecule has 0 spiro atoms. The number of nitrogens with one attached hydrogen (secondary N) is 1. The average molecular weight is 250 g/mol. The molecule has 0 saturated carbocycles. The number of hydrogen-bond donors (Lipinski definition) is 1. The van der Waals surface area contributed by atoms with Crippen molar-refractivity contribution < 1.29 is 0 Å². The number of benzene rings is 1. The molecule has 0 amide bonds. The fourth-order valence-electron chi connectivity index (χ4n) is 2.08. The van der Waals surface area contributed by atoms with E-state index < -0.39 is 0 Å². The molecule has 1 heterocycles. The van der Waals surface area contributed by atoms with Crippen LogP contribution in [-0.4, -0.2) is 30.6 Å². The van der Waals surface area contributed by atoms with E-state index in [9.17, 15) is 0 Å². The highest BCUT2D eigenvalue weighted by Crippen LogP contribution is 2.20. The third kappa shape index (κ3) is 2.98. The van der Waals surface area contributed by atoms with Gasteiger partial charge in [0.15, 0.2) is 0 Å². The number of halogens is 1. The number of rotatable bonds is 2. The largest absolute Gasteiger partial charge is 0.314 e. The van der Waals surface area contributed by atoms with E-state index in [-0.39, 0.29) is 0 Å². The van der Waals surface area contributed by atoms with E-state index in [4.69, 9.17) is 16.9 Å². The standard InChI is InChI=1S/C13H16ClN3/c1-10-8-16-4-5-17(10)9-12-3-2-11(7-15)6-13(12)14/h2-3,6,10,16H,4-5,8-9H2,1H3/t10-/m1/s1. The second kappa shape index (κ2) is 5.50. The summed E-state index contributed by atoms with van der Waals surface area (Å²) >= 11 is 6.18. The fourth-order valence-corrected chi connectivity index (χ4v) is 2.32. The molecule has 1 N–H and O–H groups in total. The van der Waals surface area contributed by atoms with Crippen molar-refractivity contribution in [2.75, 3.05) is 19.6 Å². The highest BCUT2D eigenvalue weighted by atomic mass is 35.5. The first-order valence-corrected chi connectivity index (χ1v) is 6.22. The summed E-state index contributed by atoms with van der Waals surface area (Å²) in [6.45, 7) is 6.15. The zero-order valence-electron chi connectivity index (χ0n) is 9.91. The van der Waals surface area contributed by atoms with Gasteiger partial charge in [-0.15, -0.1) is 0 Å². The quantitative estimate of drug-likeness (QED) is 0.872. The molecule has 0 radical (unpaired) electrons. The lowest BCUT2D eigenvalue weighted by molar-refractivity contribution is 0.165. The first-order chi connectivity index (χ1) is 8.20. The van der Waals surface area contributed by atoms with Crippen LogP contribution < -0.4 is 5.32 Å². The van der Waals surface area contributed by atoms with Crippen LogP contribution in [0.3, 0.4) is 0 Å². The predicted molar refractivity (Wildman–Crippen MR) is 68.9 cm³/mol. The lowest BCUT2D eigenvalue weighted by atomic mass is 10.1. The van der Waals surface area contributed by atoms with Crippen molar-refractivity contribution in [3.8, 4) is 6.07 Å². The maximum Gasteiger partial charge on any atom is 0.0992 e. The molecule has 4 heteroatoms. The maximum atomic E-state index is 8.79. The van der Waals surface area contributed by atoms with E-state index in [1.807, 2.05) is 12.1 Å². The van der Waals surface area contributed by atoms with Gasteiger partial charge in [0.1, 0.15) is 0 Å². The minimum atomic E-state index is 0.524. The van der Waals surface area contributed by atoms with Crippen LogP contribution in [0.5, 0.6) is 0 Å². The van der Waals surface area contributed by atoms with E-state index in [0.717, 1.165) is 31.7 Å². The monoisotopic (exact) mass is 249 g/mol. The molecule has 17 heavy (non-hydrogen) atoms. The summed E-state index contributed by atoms with van der Waals surface area (Å²) in [6, 6.07) is 8.14. The molecule has 1 aromatic carbocycles. The first-order valence-electron chi connectivity index (χ1n) is 5.84. The van der Waals surface area contributed by atoms with Crippen molar-refractivity contribution >= 4 is 11.6 Å². The molecule has 1 saturated heterocycles. The van der Waals surface area contributed by atoms with Crippen LogP contribution in [-0.2, 0) is 6.54 Å². The summed E-state index contributed by atoms with van der Waals surface area (Å²) in [5.41, 5.74) is 1.71. The van der Waals surface area contributed by atoms with Crippen LogP contribution >= 0.6 is 11.6 Å². The van der Waals surface area contributed by atoms with E-state index in [2.05, 4.69) is 23.2 Å². The van der Waals surface area contributed by atoms with E-state index >= 15 is 0 Å². The smallest absolute Gasteiger partial charge is 0.0992 e. The zero-order valence-corrected chi connectivity index (χ0v) is 10.7. The van der Waals surface area contributed by atoms with E-state index in [1.54, 1.807) is 6.07 Å². The zero-order chi connectivity index (χ0) is 12.3. The van der Waals surface area contributed by atoms with Gasteiger partial charge < -0.3 is 5.32 Å². The molecule has 1 aliphatic heterocycles. The molecular formula is C13H16ClN3. The number of piperazine rings is 1. The third-order valence-electron chi connectivity index (χ3n) is 3.19. The molecule has 0 unspecified atom stereocenters. The van der Waals surface area contributed by atoms with Gasteiger partial charge in [0.2, 0.25) is 0 Å². The first kappa shape index (κ1) is 12.4. The SMILES string of the molecule is C[C@@H]1CNCCN1Cc1ccc(C#N)cc1Cl. The topological polar surface area (TPSA) is 39.1 Å². The molecule has 0 aromatic heterocycles.